The zero-order chi connectivity index (χ0) is 19.7. The van der Waals surface area contributed by atoms with Gasteiger partial charge < -0.3 is 14.7 Å². The third kappa shape index (κ3) is 4.31. The number of hydrogen-bond donors (Lipinski definition) is 1. The number of ketones is 1. The Morgan fingerprint density at radius 3 is 2.52 bits per heavy atom. The van der Waals surface area contributed by atoms with Gasteiger partial charge in [0.25, 0.3) is 0 Å². The molecule has 0 spiro atoms. The smallest absolute Gasteiger partial charge is 0.169 e. The van der Waals surface area contributed by atoms with E-state index in [0.29, 0.717) is 23.4 Å². The maximum Gasteiger partial charge on any atom is 0.169 e. The average Bonchev–Trinajstić information content (AvgIpc) is 2.72. The van der Waals surface area contributed by atoms with Crippen LogP contribution in [0, 0.1) is 5.92 Å². The number of methoxy groups -OCH3 is 1. The predicted molar refractivity (Wildman–Crippen MR) is 117 cm³/mol. The summed E-state index contributed by atoms with van der Waals surface area (Å²) in [4.78, 5) is 15.4. The Bertz CT molecular complexity index is 864. The first-order valence-corrected chi connectivity index (χ1v) is 10.3. The number of ether oxygens (including phenoxy) is 1. The minimum atomic E-state index is -0.766. The fourth-order valence-corrected chi connectivity index (χ4v) is 4.86. The lowest BCUT2D eigenvalue weighted by molar-refractivity contribution is -0.0283. The summed E-state index contributed by atoms with van der Waals surface area (Å²) in [6.07, 6.45) is 2.98. The number of benzene rings is 2. The molecule has 1 atom stereocenters. The lowest BCUT2D eigenvalue weighted by Gasteiger charge is -2.40. The van der Waals surface area contributed by atoms with E-state index in [0.717, 1.165) is 49.4 Å². The van der Waals surface area contributed by atoms with Gasteiger partial charge in [0.15, 0.2) is 5.78 Å². The quantitative estimate of drug-likeness (QED) is 0.767. The summed E-state index contributed by atoms with van der Waals surface area (Å²) in [6.45, 7) is 2.29. The highest BCUT2D eigenvalue weighted by Gasteiger charge is 2.37. The van der Waals surface area contributed by atoms with Crippen LogP contribution in [0.4, 0.5) is 0 Å². The first-order chi connectivity index (χ1) is 13.5. The van der Waals surface area contributed by atoms with Crippen molar-refractivity contribution in [1.29, 1.82) is 0 Å². The fourth-order valence-electron chi connectivity index (χ4n) is 4.59. The van der Waals surface area contributed by atoms with E-state index in [2.05, 4.69) is 4.90 Å². The van der Waals surface area contributed by atoms with Gasteiger partial charge in [0.2, 0.25) is 0 Å². The molecule has 2 aromatic carbocycles. The third-order valence-electron chi connectivity index (χ3n) is 6.27. The number of nitrogens with zero attached hydrogens (tertiary/aromatic N) is 1. The second-order valence-corrected chi connectivity index (χ2v) is 8.31. The molecule has 1 fully saturated rings. The third-order valence-corrected chi connectivity index (χ3v) is 6.59. The van der Waals surface area contributed by atoms with Crippen LogP contribution in [0.25, 0.3) is 0 Å². The van der Waals surface area contributed by atoms with Crippen LogP contribution in [0.3, 0.4) is 0 Å². The SMILES string of the molecule is COc1ccc(Cl)c2c1CCC(CN1CCC(O)(c3ccccc3)CC1)C2=O.Cl. The summed E-state index contributed by atoms with van der Waals surface area (Å²) >= 11 is 6.36. The molecule has 2 aromatic rings. The van der Waals surface area contributed by atoms with E-state index in [1.54, 1.807) is 13.2 Å². The number of hydrogen-bond acceptors (Lipinski definition) is 4. The zero-order valence-corrected chi connectivity index (χ0v) is 18.1. The van der Waals surface area contributed by atoms with E-state index in [1.807, 2.05) is 36.4 Å². The number of likely N-dealkylation sites (tertiary alicyclic amines) is 1. The molecule has 4 nitrogen and oxygen atoms in total. The van der Waals surface area contributed by atoms with E-state index in [-0.39, 0.29) is 24.1 Å². The number of fused-ring (bicyclic) bond motifs is 1. The first kappa shape index (κ1) is 22.1. The van der Waals surface area contributed by atoms with Gasteiger partial charge in [-0.2, -0.15) is 0 Å². The van der Waals surface area contributed by atoms with Crippen LogP contribution >= 0.6 is 24.0 Å². The van der Waals surface area contributed by atoms with Gasteiger partial charge in [0, 0.05) is 36.7 Å². The Morgan fingerprint density at radius 2 is 1.86 bits per heavy atom. The fraction of sp³-hybridized carbons (Fsp3) is 0.435. The maximum absolute atomic E-state index is 13.1. The molecule has 0 saturated carbocycles. The number of piperidine rings is 1. The highest BCUT2D eigenvalue weighted by Crippen LogP contribution is 2.38. The van der Waals surface area contributed by atoms with Crippen molar-refractivity contribution in [1.82, 2.24) is 4.90 Å². The van der Waals surface area contributed by atoms with E-state index in [1.165, 1.54) is 0 Å². The van der Waals surface area contributed by atoms with Crippen molar-refractivity contribution in [2.45, 2.75) is 31.3 Å². The number of carbonyl (C=O) groups is 1. The molecule has 4 rings (SSSR count). The molecular formula is C23H27Cl2NO3. The van der Waals surface area contributed by atoms with Crippen molar-refractivity contribution < 1.29 is 14.6 Å². The summed E-state index contributed by atoms with van der Waals surface area (Å²) in [5.41, 5.74) is 1.79. The van der Waals surface area contributed by atoms with Crippen LogP contribution in [0.1, 0.15) is 40.7 Å². The molecule has 1 heterocycles. The zero-order valence-electron chi connectivity index (χ0n) is 16.6. The van der Waals surface area contributed by atoms with Crippen molar-refractivity contribution in [3.63, 3.8) is 0 Å². The van der Waals surface area contributed by atoms with Crippen molar-refractivity contribution in [2.75, 3.05) is 26.7 Å². The van der Waals surface area contributed by atoms with Crippen molar-refractivity contribution in [3.8, 4) is 5.75 Å². The highest BCUT2D eigenvalue weighted by molar-refractivity contribution is 6.34. The van der Waals surface area contributed by atoms with Crippen molar-refractivity contribution in [3.05, 3.63) is 64.2 Å². The molecule has 2 aliphatic rings. The molecule has 6 heteroatoms. The normalized spacial score (nSPS) is 21.2. The van der Waals surface area contributed by atoms with Crippen LogP contribution in [0.5, 0.6) is 5.75 Å². The van der Waals surface area contributed by atoms with E-state index < -0.39 is 5.60 Å². The number of halogens is 2. The van der Waals surface area contributed by atoms with Gasteiger partial charge in [-0.25, -0.2) is 0 Å². The minimum Gasteiger partial charge on any atom is -0.496 e. The number of Topliss-reactive ketones (excluding diaryl/α,β-unsaturated/α-hetero) is 1. The molecule has 1 aliphatic heterocycles. The summed E-state index contributed by atoms with van der Waals surface area (Å²) in [5, 5.41) is 11.5. The van der Waals surface area contributed by atoms with Gasteiger partial charge in [-0.05, 0) is 43.4 Å². The topological polar surface area (TPSA) is 49.8 Å². The van der Waals surface area contributed by atoms with Crippen LogP contribution in [0.2, 0.25) is 5.02 Å². The Balaban J connectivity index is 0.00000240. The van der Waals surface area contributed by atoms with Gasteiger partial charge >= 0.3 is 0 Å². The number of aliphatic hydroxyl groups is 1. The van der Waals surface area contributed by atoms with Gasteiger partial charge in [0.05, 0.1) is 17.7 Å². The van der Waals surface area contributed by atoms with Gasteiger partial charge in [-0.15, -0.1) is 12.4 Å². The Labute approximate surface area is 183 Å². The van der Waals surface area contributed by atoms with E-state index in [4.69, 9.17) is 16.3 Å². The summed E-state index contributed by atoms with van der Waals surface area (Å²) < 4.78 is 5.42. The summed E-state index contributed by atoms with van der Waals surface area (Å²) in [6, 6.07) is 13.5. The molecule has 0 bridgehead atoms. The number of carbonyl (C=O) groups excluding carboxylic acids is 1. The van der Waals surface area contributed by atoms with Crippen molar-refractivity contribution in [2.24, 2.45) is 5.92 Å². The average molecular weight is 436 g/mol. The molecule has 0 radical (unpaired) electrons. The van der Waals surface area contributed by atoms with E-state index in [9.17, 15) is 9.90 Å². The minimum absolute atomic E-state index is 0. The van der Waals surface area contributed by atoms with Crippen LogP contribution in [-0.4, -0.2) is 42.5 Å². The highest BCUT2D eigenvalue weighted by atomic mass is 35.5. The molecule has 156 valence electrons. The predicted octanol–water partition coefficient (Wildman–Crippen LogP) is 4.50. The standard InChI is InChI=1S/C23H26ClNO3.ClH/c1-28-20-10-9-19(24)21-18(20)8-7-16(22(21)26)15-25-13-11-23(27,12-14-25)17-5-3-2-4-6-17;/h2-6,9-10,16,27H,7-8,11-15H2,1H3;1H. The monoisotopic (exact) mass is 435 g/mol. The lowest BCUT2D eigenvalue weighted by Crippen LogP contribution is -2.45. The second-order valence-electron chi connectivity index (χ2n) is 7.90. The molecule has 0 aromatic heterocycles. The van der Waals surface area contributed by atoms with Gasteiger partial charge in [0.1, 0.15) is 5.75 Å². The molecular weight excluding hydrogens is 409 g/mol. The van der Waals surface area contributed by atoms with Gasteiger partial charge in [-0.3, -0.25) is 4.79 Å². The molecule has 1 N–H and O–H groups in total. The Morgan fingerprint density at radius 1 is 1.17 bits per heavy atom. The van der Waals surface area contributed by atoms with E-state index >= 15 is 0 Å². The maximum atomic E-state index is 13.1. The van der Waals surface area contributed by atoms with Crippen LogP contribution in [0.15, 0.2) is 42.5 Å². The molecule has 1 aliphatic carbocycles. The van der Waals surface area contributed by atoms with Gasteiger partial charge in [-0.1, -0.05) is 41.9 Å². The lowest BCUT2D eigenvalue weighted by atomic mass is 9.80. The first-order valence-electron chi connectivity index (χ1n) is 9.91. The molecule has 0 amide bonds. The molecule has 1 saturated heterocycles. The summed E-state index contributed by atoms with van der Waals surface area (Å²) in [7, 11) is 1.63. The summed E-state index contributed by atoms with van der Waals surface area (Å²) in [5.74, 6) is 0.811. The largest absolute Gasteiger partial charge is 0.496 e. The van der Waals surface area contributed by atoms with Crippen molar-refractivity contribution >= 4 is 29.8 Å². The second kappa shape index (κ2) is 9.05. The molecule has 29 heavy (non-hydrogen) atoms. The Hall–Kier alpha value is -1.59. The number of rotatable bonds is 4. The Kier molecular flexibility index (Phi) is 6.90. The van der Waals surface area contributed by atoms with Crippen LogP contribution < -0.4 is 4.74 Å². The van der Waals surface area contributed by atoms with Crippen LogP contribution in [-0.2, 0) is 12.0 Å². The molecule has 1 unspecified atom stereocenters.